The summed E-state index contributed by atoms with van der Waals surface area (Å²) in [6.07, 6.45) is 7.40. The summed E-state index contributed by atoms with van der Waals surface area (Å²) in [5.41, 5.74) is 3.55. The normalized spacial score (nSPS) is 19.4. The van der Waals surface area contributed by atoms with Crippen LogP contribution in [0.2, 0.25) is 0 Å². The minimum absolute atomic E-state index is 0.0451. The Morgan fingerprint density at radius 1 is 1.16 bits per heavy atom. The maximum Gasteiger partial charge on any atom is 0.275 e. The Bertz CT molecular complexity index is 1210. The predicted molar refractivity (Wildman–Crippen MR) is 120 cm³/mol. The minimum Gasteiger partial charge on any atom is -0.305 e. The van der Waals surface area contributed by atoms with E-state index in [2.05, 4.69) is 48.8 Å². The monoisotopic (exact) mass is 429 g/mol. The lowest BCUT2D eigenvalue weighted by Gasteiger charge is -2.28. The molecule has 0 aromatic carbocycles. The molecule has 1 fully saturated rings. The van der Waals surface area contributed by atoms with Gasteiger partial charge in [0.05, 0.1) is 0 Å². The summed E-state index contributed by atoms with van der Waals surface area (Å²) in [4.78, 5) is 24.6. The highest BCUT2D eigenvalue weighted by Crippen LogP contribution is 2.35. The number of aromatic nitrogens is 5. The molecule has 8 heteroatoms. The highest BCUT2D eigenvalue weighted by atomic mass is 16.1. The van der Waals surface area contributed by atoms with E-state index in [0.29, 0.717) is 17.2 Å². The van der Waals surface area contributed by atoms with Gasteiger partial charge in [0.25, 0.3) is 5.91 Å². The van der Waals surface area contributed by atoms with Gasteiger partial charge in [-0.2, -0.15) is 0 Å². The SMILES string of the molecule is CC1(C)CCc2nnc(-c3cccc(NC(=O)c4cc5c(cn4)CCN(C4CC4)C5)n3)n21. The predicted octanol–water partition coefficient (Wildman–Crippen LogP) is 3.19. The highest BCUT2D eigenvalue weighted by molar-refractivity contribution is 6.02. The number of amides is 1. The van der Waals surface area contributed by atoms with Crippen molar-refractivity contribution in [1.29, 1.82) is 0 Å². The molecule has 164 valence electrons. The molecule has 1 N–H and O–H groups in total. The third-order valence-electron chi connectivity index (χ3n) is 6.94. The molecule has 8 nitrogen and oxygen atoms in total. The van der Waals surface area contributed by atoms with Gasteiger partial charge in [-0.25, -0.2) is 4.98 Å². The van der Waals surface area contributed by atoms with E-state index < -0.39 is 0 Å². The van der Waals surface area contributed by atoms with Crippen LogP contribution in [0.3, 0.4) is 0 Å². The Hall–Kier alpha value is -3.13. The Morgan fingerprint density at radius 3 is 2.88 bits per heavy atom. The van der Waals surface area contributed by atoms with Crippen LogP contribution in [0.15, 0.2) is 30.5 Å². The molecule has 0 radical (unpaired) electrons. The van der Waals surface area contributed by atoms with Gasteiger partial charge in [-0.1, -0.05) is 6.07 Å². The first-order valence-corrected chi connectivity index (χ1v) is 11.4. The molecule has 6 rings (SSSR count). The van der Waals surface area contributed by atoms with E-state index in [4.69, 9.17) is 0 Å². The first kappa shape index (κ1) is 19.5. The molecule has 3 aliphatic rings. The first-order valence-electron chi connectivity index (χ1n) is 11.4. The molecule has 3 aromatic heterocycles. The van der Waals surface area contributed by atoms with Crippen molar-refractivity contribution in [3.63, 3.8) is 0 Å². The van der Waals surface area contributed by atoms with E-state index in [-0.39, 0.29) is 11.4 Å². The summed E-state index contributed by atoms with van der Waals surface area (Å²) in [7, 11) is 0. The van der Waals surface area contributed by atoms with E-state index in [1.165, 1.54) is 24.0 Å². The summed E-state index contributed by atoms with van der Waals surface area (Å²) < 4.78 is 2.16. The van der Waals surface area contributed by atoms with Crippen molar-refractivity contribution in [2.45, 2.75) is 64.1 Å². The van der Waals surface area contributed by atoms with E-state index in [1.807, 2.05) is 24.4 Å². The molecule has 3 aromatic rings. The molecule has 1 saturated carbocycles. The number of hydrogen-bond donors (Lipinski definition) is 1. The standard InChI is InChI=1S/C24H27N7O/c1-24(2)10-8-21-28-29-22(31(21)24)18-4-3-5-20(26-18)27-23(32)19-12-16-14-30(17-6-7-17)11-9-15(16)13-25-19/h3-5,12-13,17H,6-11,14H2,1-2H3,(H,26,27,32). The Balaban J connectivity index is 1.23. The number of anilines is 1. The van der Waals surface area contributed by atoms with E-state index >= 15 is 0 Å². The van der Waals surface area contributed by atoms with Crippen molar-refractivity contribution in [1.82, 2.24) is 29.6 Å². The van der Waals surface area contributed by atoms with Crippen molar-refractivity contribution >= 4 is 11.7 Å². The van der Waals surface area contributed by atoms with Crippen molar-refractivity contribution in [3.05, 3.63) is 53.1 Å². The molecule has 1 aliphatic carbocycles. The van der Waals surface area contributed by atoms with E-state index in [9.17, 15) is 4.79 Å². The number of hydrogen-bond acceptors (Lipinski definition) is 6. The van der Waals surface area contributed by atoms with Gasteiger partial charge >= 0.3 is 0 Å². The Morgan fingerprint density at radius 2 is 2.03 bits per heavy atom. The highest BCUT2D eigenvalue weighted by Gasteiger charge is 2.34. The number of carbonyl (C=O) groups is 1. The fraction of sp³-hybridized carbons (Fsp3) is 0.458. The number of aryl methyl sites for hydroxylation is 1. The lowest BCUT2D eigenvalue weighted by molar-refractivity contribution is 0.102. The average Bonchev–Trinajstić information content (AvgIpc) is 3.48. The first-order chi connectivity index (χ1) is 15.5. The van der Waals surface area contributed by atoms with Crippen LogP contribution in [0.5, 0.6) is 0 Å². The Labute approximate surface area is 187 Å². The molecular weight excluding hydrogens is 402 g/mol. The van der Waals surface area contributed by atoms with Gasteiger partial charge in [-0.05, 0) is 68.9 Å². The molecule has 0 unspecified atom stereocenters. The van der Waals surface area contributed by atoms with Crippen molar-refractivity contribution in [3.8, 4) is 11.5 Å². The van der Waals surface area contributed by atoms with E-state index in [0.717, 1.165) is 50.0 Å². The number of rotatable bonds is 4. The van der Waals surface area contributed by atoms with Gasteiger partial charge in [0.15, 0.2) is 5.82 Å². The molecule has 0 saturated heterocycles. The van der Waals surface area contributed by atoms with Crippen molar-refractivity contribution < 1.29 is 4.79 Å². The fourth-order valence-corrected chi connectivity index (χ4v) is 4.95. The lowest BCUT2D eigenvalue weighted by atomic mass is 10.0. The van der Waals surface area contributed by atoms with Gasteiger partial charge in [-0.15, -0.1) is 10.2 Å². The Kier molecular flexibility index (Phi) is 4.40. The van der Waals surface area contributed by atoms with Gasteiger partial charge in [-0.3, -0.25) is 14.7 Å². The molecule has 2 aliphatic heterocycles. The zero-order valence-electron chi connectivity index (χ0n) is 18.5. The lowest BCUT2D eigenvalue weighted by Crippen LogP contribution is -2.32. The van der Waals surface area contributed by atoms with Crippen molar-refractivity contribution in [2.75, 3.05) is 11.9 Å². The topological polar surface area (TPSA) is 88.8 Å². The second-order valence-electron chi connectivity index (χ2n) is 9.74. The van der Waals surface area contributed by atoms with Crippen LogP contribution in [0.25, 0.3) is 11.5 Å². The summed E-state index contributed by atoms with van der Waals surface area (Å²) >= 11 is 0. The van der Waals surface area contributed by atoms with Crippen LogP contribution < -0.4 is 5.32 Å². The maximum atomic E-state index is 13.0. The number of nitrogens with one attached hydrogen (secondary N) is 1. The molecule has 1 amide bonds. The molecule has 5 heterocycles. The van der Waals surface area contributed by atoms with Crippen LogP contribution >= 0.6 is 0 Å². The van der Waals surface area contributed by atoms with Gasteiger partial charge in [0, 0.05) is 37.3 Å². The van der Waals surface area contributed by atoms with Crippen LogP contribution in [-0.2, 0) is 24.9 Å². The zero-order chi connectivity index (χ0) is 21.9. The number of fused-ring (bicyclic) bond motifs is 2. The van der Waals surface area contributed by atoms with Gasteiger partial charge < -0.3 is 9.88 Å². The quantitative estimate of drug-likeness (QED) is 0.685. The van der Waals surface area contributed by atoms with Crippen LogP contribution in [0, 0.1) is 0 Å². The fourth-order valence-electron chi connectivity index (χ4n) is 4.95. The summed E-state index contributed by atoms with van der Waals surface area (Å²) in [6, 6.07) is 8.25. The van der Waals surface area contributed by atoms with Crippen LogP contribution in [-0.4, -0.2) is 48.1 Å². The second kappa shape index (κ2) is 7.20. The molecular formula is C24H27N7O. The average molecular weight is 430 g/mol. The molecule has 0 spiro atoms. The van der Waals surface area contributed by atoms with Crippen LogP contribution in [0.4, 0.5) is 5.82 Å². The van der Waals surface area contributed by atoms with Gasteiger partial charge in [0.2, 0.25) is 0 Å². The van der Waals surface area contributed by atoms with Gasteiger partial charge in [0.1, 0.15) is 23.0 Å². The summed E-state index contributed by atoms with van der Waals surface area (Å²) in [5.74, 6) is 1.97. The second-order valence-corrected chi connectivity index (χ2v) is 9.74. The molecule has 0 atom stereocenters. The zero-order valence-corrected chi connectivity index (χ0v) is 18.5. The van der Waals surface area contributed by atoms with E-state index in [1.54, 1.807) is 6.07 Å². The number of nitrogens with zero attached hydrogens (tertiary/aromatic N) is 6. The van der Waals surface area contributed by atoms with Crippen LogP contribution in [0.1, 0.15) is 60.5 Å². The third kappa shape index (κ3) is 3.39. The molecule has 32 heavy (non-hydrogen) atoms. The summed E-state index contributed by atoms with van der Waals surface area (Å²) in [6.45, 7) is 6.37. The third-order valence-corrected chi connectivity index (χ3v) is 6.94. The number of pyridine rings is 2. The maximum absolute atomic E-state index is 13.0. The van der Waals surface area contributed by atoms with Crippen molar-refractivity contribution in [2.24, 2.45) is 0 Å². The minimum atomic E-state index is -0.243. The molecule has 0 bridgehead atoms. The summed E-state index contributed by atoms with van der Waals surface area (Å²) in [5, 5.41) is 11.6. The number of carbonyl (C=O) groups excluding carboxylic acids is 1. The smallest absolute Gasteiger partial charge is 0.275 e. The largest absolute Gasteiger partial charge is 0.305 e.